The first-order chi connectivity index (χ1) is 12.4. The predicted molar refractivity (Wildman–Crippen MR) is 95.8 cm³/mol. The van der Waals surface area contributed by atoms with Crippen LogP contribution >= 0.6 is 0 Å². The molecule has 25 heavy (non-hydrogen) atoms. The van der Waals surface area contributed by atoms with Crippen molar-refractivity contribution in [3.8, 4) is 23.2 Å². The van der Waals surface area contributed by atoms with Gasteiger partial charge in [0.25, 0.3) is 11.8 Å². The molecule has 2 aromatic carbocycles. The Labute approximate surface area is 143 Å². The molecule has 0 amide bonds. The van der Waals surface area contributed by atoms with Crippen molar-refractivity contribution in [1.29, 1.82) is 0 Å². The molecule has 3 heterocycles. The first kappa shape index (κ1) is 13.8. The molecule has 0 atom stereocenters. The number of fused-ring (bicyclic) bond motifs is 2. The maximum absolute atomic E-state index is 5.81. The molecule has 0 saturated heterocycles. The predicted octanol–water partition coefficient (Wildman–Crippen LogP) is 4.50. The summed E-state index contributed by atoms with van der Waals surface area (Å²) in [6, 6.07) is 23.6. The van der Waals surface area contributed by atoms with Crippen LogP contribution in [-0.2, 0) is 0 Å². The highest BCUT2D eigenvalue weighted by molar-refractivity contribution is 5.81. The fraction of sp³-hybridized carbons (Fsp3) is 0. The highest BCUT2D eigenvalue weighted by Gasteiger charge is 2.13. The zero-order valence-corrected chi connectivity index (χ0v) is 13.1. The molecule has 0 bridgehead atoms. The minimum Gasteiger partial charge on any atom is -0.413 e. The second-order valence-corrected chi connectivity index (χ2v) is 5.69. The summed E-state index contributed by atoms with van der Waals surface area (Å²) in [6.45, 7) is 0. The van der Waals surface area contributed by atoms with E-state index in [1.165, 1.54) is 0 Å². The van der Waals surface area contributed by atoms with Gasteiger partial charge in [0.05, 0.1) is 11.0 Å². The van der Waals surface area contributed by atoms with Crippen LogP contribution < -0.4 is 0 Å². The van der Waals surface area contributed by atoms with Crippen LogP contribution in [0.3, 0.4) is 0 Å². The van der Waals surface area contributed by atoms with E-state index in [0.29, 0.717) is 23.2 Å². The zero-order valence-electron chi connectivity index (χ0n) is 13.1. The van der Waals surface area contributed by atoms with E-state index < -0.39 is 0 Å². The quantitative estimate of drug-likeness (QED) is 0.478. The number of benzene rings is 2. The zero-order chi connectivity index (χ0) is 16.6. The molecular formula is C20H12N4O. The first-order valence-corrected chi connectivity index (χ1v) is 7.93. The van der Waals surface area contributed by atoms with Crippen molar-refractivity contribution in [2.75, 3.05) is 0 Å². The van der Waals surface area contributed by atoms with E-state index >= 15 is 0 Å². The lowest BCUT2D eigenvalue weighted by molar-refractivity contribution is 0.580. The summed E-state index contributed by atoms with van der Waals surface area (Å²) in [4.78, 5) is 9.17. The van der Waals surface area contributed by atoms with E-state index in [0.717, 1.165) is 21.8 Å². The van der Waals surface area contributed by atoms with Crippen molar-refractivity contribution >= 4 is 21.8 Å². The second kappa shape index (κ2) is 5.49. The van der Waals surface area contributed by atoms with E-state index in [4.69, 9.17) is 4.42 Å². The van der Waals surface area contributed by atoms with Gasteiger partial charge < -0.3 is 4.42 Å². The molecule has 3 aromatic heterocycles. The highest BCUT2D eigenvalue weighted by atomic mass is 16.4. The Kier molecular flexibility index (Phi) is 3.03. The van der Waals surface area contributed by atoms with Gasteiger partial charge in [0.15, 0.2) is 0 Å². The average molecular weight is 324 g/mol. The van der Waals surface area contributed by atoms with E-state index in [1.54, 1.807) is 0 Å². The molecule has 0 fully saturated rings. The molecule has 0 N–H and O–H groups in total. The number of pyridine rings is 2. The number of nitrogens with zero attached hydrogens (tertiary/aromatic N) is 4. The van der Waals surface area contributed by atoms with Crippen LogP contribution in [0, 0.1) is 0 Å². The molecule has 5 aromatic rings. The van der Waals surface area contributed by atoms with Crippen LogP contribution in [0.4, 0.5) is 0 Å². The Morgan fingerprint density at radius 2 is 1.00 bits per heavy atom. The molecular weight excluding hydrogens is 312 g/mol. The molecule has 118 valence electrons. The summed E-state index contributed by atoms with van der Waals surface area (Å²) in [6.07, 6.45) is 0. The second-order valence-electron chi connectivity index (χ2n) is 5.69. The minimum atomic E-state index is 0.385. The van der Waals surface area contributed by atoms with Crippen LogP contribution in [0.5, 0.6) is 0 Å². The van der Waals surface area contributed by atoms with Crippen molar-refractivity contribution in [2.24, 2.45) is 0 Å². The standard InChI is InChI=1S/C20H12N4O/c1-3-7-15-13(5-1)9-11-17(21-15)19-23-24-20(25-19)18-12-10-14-6-2-4-8-16(14)22-18/h1-12H. The van der Waals surface area contributed by atoms with Gasteiger partial charge in [-0.3, -0.25) is 0 Å². The molecule has 0 aliphatic heterocycles. The number of rotatable bonds is 2. The van der Waals surface area contributed by atoms with Gasteiger partial charge in [-0.05, 0) is 24.3 Å². The maximum Gasteiger partial charge on any atom is 0.266 e. The van der Waals surface area contributed by atoms with E-state index in [-0.39, 0.29) is 0 Å². The Morgan fingerprint density at radius 3 is 1.52 bits per heavy atom. The Morgan fingerprint density at radius 1 is 0.520 bits per heavy atom. The fourth-order valence-corrected chi connectivity index (χ4v) is 2.80. The lowest BCUT2D eigenvalue weighted by atomic mass is 10.2. The summed E-state index contributed by atoms with van der Waals surface area (Å²) >= 11 is 0. The third kappa shape index (κ3) is 2.42. The van der Waals surface area contributed by atoms with Crippen molar-refractivity contribution in [3.05, 3.63) is 72.8 Å². The SMILES string of the molecule is c1ccc2nc(-c3nnc(-c4ccc5ccccc5n4)o3)ccc2c1. The average Bonchev–Trinajstić information content (AvgIpc) is 3.17. The van der Waals surface area contributed by atoms with Crippen LogP contribution in [-0.4, -0.2) is 20.2 Å². The Hall–Kier alpha value is -3.60. The van der Waals surface area contributed by atoms with Gasteiger partial charge in [0.1, 0.15) is 11.4 Å². The lowest BCUT2D eigenvalue weighted by Crippen LogP contribution is -1.85. The number of hydrogen-bond donors (Lipinski definition) is 0. The molecule has 5 heteroatoms. The van der Waals surface area contributed by atoms with Crippen molar-refractivity contribution in [2.45, 2.75) is 0 Å². The van der Waals surface area contributed by atoms with Crippen LogP contribution in [0.2, 0.25) is 0 Å². The maximum atomic E-state index is 5.81. The van der Waals surface area contributed by atoms with Gasteiger partial charge in [-0.2, -0.15) is 0 Å². The molecule has 5 nitrogen and oxygen atoms in total. The summed E-state index contributed by atoms with van der Waals surface area (Å²) in [5.74, 6) is 0.770. The molecule has 0 unspecified atom stereocenters. The Balaban J connectivity index is 1.57. The molecule has 5 rings (SSSR count). The van der Waals surface area contributed by atoms with E-state index in [1.807, 2.05) is 72.8 Å². The topological polar surface area (TPSA) is 64.7 Å². The van der Waals surface area contributed by atoms with Gasteiger partial charge in [-0.25, -0.2) is 9.97 Å². The summed E-state index contributed by atoms with van der Waals surface area (Å²) < 4.78 is 5.81. The normalized spacial score (nSPS) is 11.2. The first-order valence-electron chi connectivity index (χ1n) is 7.93. The Bertz CT molecular complexity index is 1120. The van der Waals surface area contributed by atoms with Gasteiger partial charge in [-0.15, -0.1) is 10.2 Å². The van der Waals surface area contributed by atoms with Crippen molar-refractivity contribution < 1.29 is 4.42 Å². The molecule has 0 spiro atoms. The third-order valence-corrected chi connectivity index (χ3v) is 4.06. The van der Waals surface area contributed by atoms with Crippen LogP contribution in [0.25, 0.3) is 45.0 Å². The van der Waals surface area contributed by atoms with Crippen LogP contribution in [0.1, 0.15) is 0 Å². The third-order valence-electron chi connectivity index (χ3n) is 4.06. The highest BCUT2D eigenvalue weighted by Crippen LogP contribution is 2.24. The number of aromatic nitrogens is 4. The summed E-state index contributed by atoms with van der Waals surface area (Å²) in [7, 11) is 0. The smallest absolute Gasteiger partial charge is 0.266 e. The van der Waals surface area contributed by atoms with Gasteiger partial charge in [0.2, 0.25) is 0 Å². The van der Waals surface area contributed by atoms with E-state index in [2.05, 4.69) is 20.2 Å². The fourth-order valence-electron chi connectivity index (χ4n) is 2.80. The molecule has 0 aliphatic rings. The minimum absolute atomic E-state index is 0.385. The van der Waals surface area contributed by atoms with Gasteiger partial charge >= 0.3 is 0 Å². The number of hydrogen-bond acceptors (Lipinski definition) is 5. The van der Waals surface area contributed by atoms with Crippen molar-refractivity contribution in [1.82, 2.24) is 20.2 Å². The number of para-hydroxylation sites is 2. The van der Waals surface area contributed by atoms with Crippen molar-refractivity contribution in [3.63, 3.8) is 0 Å². The van der Waals surface area contributed by atoms with E-state index in [9.17, 15) is 0 Å². The molecule has 0 radical (unpaired) electrons. The van der Waals surface area contributed by atoms with Crippen LogP contribution in [0.15, 0.2) is 77.2 Å². The summed E-state index contributed by atoms with van der Waals surface area (Å²) in [5, 5.41) is 10.4. The lowest BCUT2D eigenvalue weighted by Gasteiger charge is -1.99. The van der Waals surface area contributed by atoms with Gasteiger partial charge in [0, 0.05) is 10.8 Å². The molecule has 0 saturated carbocycles. The summed E-state index contributed by atoms with van der Waals surface area (Å²) in [5.41, 5.74) is 3.09. The monoisotopic (exact) mass is 324 g/mol. The largest absolute Gasteiger partial charge is 0.413 e. The molecule has 0 aliphatic carbocycles. The van der Waals surface area contributed by atoms with Gasteiger partial charge in [-0.1, -0.05) is 48.5 Å².